The zero-order valence-corrected chi connectivity index (χ0v) is 32.2. The number of rotatable bonds is 4. The molecule has 0 fully saturated rings. The van der Waals surface area contributed by atoms with Crippen molar-refractivity contribution in [2.75, 3.05) is 0 Å². The Labute approximate surface area is 341 Å². The van der Waals surface area contributed by atoms with Crippen LogP contribution >= 0.6 is 11.3 Å². The second-order valence-corrected chi connectivity index (χ2v) is 16.2. The second kappa shape index (κ2) is 12.4. The van der Waals surface area contributed by atoms with E-state index in [9.17, 15) is 0 Å². The minimum Gasteiger partial charge on any atom is -0.455 e. The Morgan fingerprint density at radius 2 is 1.08 bits per heavy atom. The van der Waals surface area contributed by atoms with Crippen LogP contribution in [0.2, 0.25) is 0 Å². The molecular weight excluding hydrogens is 741 g/mol. The number of thiophene rings is 1. The molecular formula is C53H30N4OS. The lowest BCUT2D eigenvalue weighted by Gasteiger charge is -2.13. The molecule has 0 amide bonds. The molecule has 5 nitrogen and oxygen atoms in total. The van der Waals surface area contributed by atoms with Crippen LogP contribution in [0.5, 0.6) is 0 Å². The van der Waals surface area contributed by atoms with Crippen LogP contribution in [-0.4, -0.2) is 19.5 Å². The van der Waals surface area contributed by atoms with E-state index in [2.05, 4.69) is 174 Å². The molecule has 4 aromatic heterocycles. The fourth-order valence-electron chi connectivity index (χ4n) is 9.09. The Balaban J connectivity index is 1.11. The van der Waals surface area contributed by atoms with Gasteiger partial charge in [-0.05, 0) is 76.1 Å². The molecule has 0 unspecified atom stereocenters. The lowest BCUT2D eigenvalue weighted by atomic mass is 10.0. The van der Waals surface area contributed by atoms with E-state index in [0.29, 0.717) is 17.5 Å². The smallest absolute Gasteiger partial charge is 0.167 e. The van der Waals surface area contributed by atoms with Crippen molar-refractivity contribution in [2.24, 2.45) is 0 Å². The molecule has 0 saturated carbocycles. The summed E-state index contributed by atoms with van der Waals surface area (Å²) in [5.74, 6) is 1.79. The lowest BCUT2D eigenvalue weighted by molar-refractivity contribution is 0.669. The number of benzene rings is 9. The zero-order chi connectivity index (χ0) is 38.6. The van der Waals surface area contributed by atoms with Crippen LogP contribution in [0.4, 0.5) is 0 Å². The third-order valence-corrected chi connectivity index (χ3v) is 13.0. The highest BCUT2D eigenvalue weighted by Gasteiger charge is 2.24. The van der Waals surface area contributed by atoms with E-state index in [1.807, 2.05) is 12.1 Å². The van der Waals surface area contributed by atoms with Gasteiger partial charge in [-0.15, -0.1) is 11.3 Å². The Bertz CT molecular complexity index is 3870. The van der Waals surface area contributed by atoms with Crippen LogP contribution < -0.4 is 0 Å². The number of fused-ring (bicyclic) bond motifs is 11. The standard InChI is InChI=1S/C53H30N4OS/c1-2-13-32-28-35(25-24-31(32)12-1)51-54-52(56-53(55-51)41-20-11-19-38-37-17-7-10-23-47(37)59-50(38)41)40-26-27-44(48-39-18-6-9-22-46(39)58-49(40)48)57-43-21-8-5-16-36(43)42-29-33-14-3-4-15-34(33)30-45(42)57/h1-30H. The fraction of sp³-hybridized carbons (Fsp3) is 0. The molecule has 0 bridgehead atoms. The molecule has 9 aromatic carbocycles. The first-order chi connectivity index (χ1) is 29.2. The summed E-state index contributed by atoms with van der Waals surface area (Å²) in [6, 6.07) is 64.4. The first-order valence-corrected chi connectivity index (χ1v) is 20.6. The molecule has 0 radical (unpaired) electrons. The minimum atomic E-state index is 0.556. The van der Waals surface area contributed by atoms with Crippen molar-refractivity contribution >= 4 is 96.8 Å². The molecule has 0 spiro atoms. The largest absolute Gasteiger partial charge is 0.455 e. The van der Waals surface area contributed by atoms with Gasteiger partial charge in [0.1, 0.15) is 11.2 Å². The molecule has 59 heavy (non-hydrogen) atoms. The van der Waals surface area contributed by atoms with Crippen molar-refractivity contribution in [3.8, 4) is 39.9 Å². The van der Waals surface area contributed by atoms with Crippen molar-refractivity contribution in [3.05, 3.63) is 182 Å². The monoisotopic (exact) mass is 770 g/mol. The summed E-state index contributed by atoms with van der Waals surface area (Å²) in [4.78, 5) is 15.9. The van der Waals surface area contributed by atoms with E-state index in [1.54, 1.807) is 11.3 Å². The molecule has 0 aliphatic carbocycles. The highest BCUT2D eigenvalue weighted by atomic mass is 32.1. The predicted molar refractivity (Wildman–Crippen MR) is 246 cm³/mol. The molecule has 274 valence electrons. The first-order valence-electron chi connectivity index (χ1n) is 19.8. The van der Waals surface area contributed by atoms with Crippen LogP contribution in [0.3, 0.4) is 0 Å². The normalized spacial score (nSPS) is 12.1. The summed E-state index contributed by atoms with van der Waals surface area (Å²) >= 11 is 1.77. The summed E-state index contributed by atoms with van der Waals surface area (Å²) in [7, 11) is 0. The number of furan rings is 1. The minimum absolute atomic E-state index is 0.556. The van der Waals surface area contributed by atoms with Gasteiger partial charge >= 0.3 is 0 Å². The maximum atomic E-state index is 6.92. The number of nitrogens with zero attached hydrogens (tertiary/aromatic N) is 4. The average molecular weight is 771 g/mol. The van der Waals surface area contributed by atoms with Crippen LogP contribution in [0, 0.1) is 0 Å². The van der Waals surface area contributed by atoms with Gasteiger partial charge in [0.15, 0.2) is 17.5 Å². The van der Waals surface area contributed by atoms with Gasteiger partial charge in [0.25, 0.3) is 0 Å². The summed E-state index contributed by atoms with van der Waals surface area (Å²) in [5.41, 5.74) is 7.56. The van der Waals surface area contributed by atoms with Crippen molar-refractivity contribution in [3.63, 3.8) is 0 Å². The van der Waals surface area contributed by atoms with Gasteiger partial charge in [-0.3, -0.25) is 0 Å². The lowest BCUT2D eigenvalue weighted by Crippen LogP contribution is -2.01. The number of hydrogen-bond donors (Lipinski definition) is 0. The molecule has 13 rings (SSSR count). The molecule has 0 saturated heterocycles. The molecule has 0 aliphatic heterocycles. The van der Waals surface area contributed by atoms with Crippen LogP contribution in [-0.2, 0) is 0 Å². The molecule has 0 N–H and O–H groups in total. The SMILES string of the molecule is c1ccc2cc(-c3nc(-c4ccc(-n5c6ccccc6c6cc7ccccc7cc65)c5c4oc4ccccc45)nc(-c4cccc5c4sc4ccccc45)n3)ccc2c1. The van der Waals surface area contributed by atoms with Gasteiger partial charge in [-0.2, -0.15) is 0 Å². The number of aromatic nitrogens is 4. The Morgan fingerprint density at radius 1 is 0.424 bits per heavy atom. The van der Waals surface area contributed by atoms with Gasteiger partial charge in [0.2, 0.25) is 0 Å². The highest BCUT2D eigenvalue weighted by Crippen LogP contribution is 2.44. The van der Waals surface area contributed by atoms with E-state index in [-0.39, 0.29) is 0 Å². The van der Waals surface area contributed by atoms with Gasteiger partial charge in [-0.1, -0.05) is 127 Å². The number of para-hydroxylation sites is 2. The maximum Gasteiger partial charge on any atom is 0.167 e. The van der Waals surface area contributed by atoms with E-state index in [0.717, 1.165) is 65.4 Å². The quantitative estimate of drug-likeness (QED) is 0.179. The van der Waals surface area contributed by atoms with Crippen molar-refractivity contribution in [2.45, 2.75) is 0 Å². The molecule has 0 atom stereocenters. The van der Waals surface area contributed by atoms with Crippen LogP contribution in [0.15, 0.2) is 186 Å². The summed E-state index contributed by atoms with van der Waals surface area (Å²) in [5, 5.41) is 11.6. The van der Waals surface area contributed by atoms with E-state index >= 15 is 0 Å². The van der Waals surface area contributed by atoms with E-state index < -0.39 is 0 Å². The van der Waals surface area contributed by atoms with E-state index in [1.165, 1.54) is 42.4 Å². The van der Waals surface area contributed by atoms with Crippen LogP contribution in [0.25, 0.3) is 125 Å². The van der Waals surface area contributed by atoms with Gasteiger partial charge < -0.3 is 8.98 Å². The topological polar surface area (TPSA) is 56.7 Å². The third-order valence-electron chi connectivity index (χ3n) is 11.8. The Hall–Kier alpha value is -7.67. The zero-order valence-electron chi connectivity index (χ0n) is 31.4. The molecule has 4 heterocycles. The first kappa shape index (κ1) is 32.4. The van der Waals surface area contributed by atoms with Gasteiger partial charge in [0, 0.05) is 47.5 Å². The molecule has 6 heteroatoms. The number of hydrogen-bond acceptors (Lipinski definition) is 5. The van der Waals surface area contributed by atoms with Crippen molar-refractivity contribution in [1.82, 2.24) is 19.5 Å². The second-order valence-electron chi connectivity index (χ2n) is 15.2. The summed E-state index contributed by atoms with van der Waals surface area (Å²) in [6.45, 7) is 0. The van der Waals surface area contributed by atoms with Gasteiger partial charge in [-0.25, -0.2) is 15.0 Å². The van der Waals surface area contributed by atoms with Crippen molar-refractivity contribution in [1.29, 1.82) is 0 Å². The average Bonchev–Trinajstić information content (AvgIpc) is 3.98. The highest BCUT2D eigenvalue weighted by molar-refractivity contribution is 7.26. The molecule has 13 aromatic rings. The Morgan fingerprint density at radius 3 is 1.95 bits per heavy atom. The van der Waals surface area contributed by atoms with Gasteiger partial charge in [0.05, 0.1) is 27.7 Å². The van der Waals surface area contributed by atoms with Crippen molar-refractivity contribution < 1.29 is 4.42 Å². The molecule has 0 aliphatic rings. The third kappa shape index (κ3) is 4.87. The Kier molecular flexibility index (Phi) is 6.82. The predicted octanol–water partition coefficient (Wildman–Crippen LogP) is 14.5. The van der Waals surface area contributed by atoms with Crippen LogP contribution in [0.1, 0.15) is 0 Å². The fourth-order valence-corrected chi connectivity index (χ4v) is 10.3. The summed E-state index contributed by atoms with van der Waals surface area (Å²) < 4.78 is 11.7. The maximum absolute atomic E-state index is 6.92. The van der Waals surface area contributed by atoms with E-state index in [4.69, 9.17) is 19.4 Å². The summed E-state index contributed by atoms with van der Waals surface area (Å²) in [6.07, 6.45) is 0.